The zero-order chi connectivity index (χ0) is 12.1. The molecule has 0 aliphatic carbocycles. The fourth-order valence-corrected chi connectivity index (χ4v) is 2.47. The molecule has 17 heavy (non-hydrogen) atoms. The first-order chi connectivity index (χ1) is 8.33. The summed E-state index contributed by atoms with van der Waals surface area (Å²) in [5.74, 6) is 0.541. The molecular weight excluding hydrogens is 231 g/mol. The number of thioether (sulfide) groups is 1. The lowest BCUT2D eigenvalue weighted by Gasteiger charge is -2.09. The van der Waals surface area contributed by atoms with Gasteiger partial charge in [0, 0.05) is 5.75 Å². The number of halogens is 1. The molecule has 0 aliphatic heterocycles. The van der Waals surface area contributed by atoms with Crippen LogP contribution in [0.2, 0.25) is 0 Å². The van der Waals surface area contributed by atoms with Crippen LogP contribution in [0.5, 0.6) is 0 Å². The molecule has 0 bridgehead atoms. The van der Waals surface area contributed by atoms with Crippen LogP contribution in [0.15, 0.2) is 66.1 Å². The van der Waals surface area contributed by atoms with Gasteiger partial charge in [-0.2, -0.15) is 0 Å². The second kappa shape index (κ2) is 5.69. The van der Waals surface area contributed by atoms with Gasteiger partial charge in [-0.1, -0.05) is 48.5 Å². The highest BCUT2D eigenvalue weighted by molar-refractivity contribution is 7.99. The van der Waals surface area contributed by atoms with E-state index >= 15 is 0 Å². The minimum atomic E-state index is -0.168. The van der Waals surface area contributed by atoms with Gasteiger partial charge in [0.05, 0.1) is 4.90 Å². The Balaban J connectivity index is 2.46. The van der Waals surface area contributed by atoms with Gasteiger partial charge in [-0.25, -0.2) is 4.39 Å². The van der Waals surface area contributed by atoms with E-state index in [1.807, 2.05) is 36.4 Å². The average Bonchev–Trinajstić information content (AvgIpc) is 2.38. The summed E-state index contributed by atoms with van der Waals surface area (Å²) >= 11 is 1.48. The lowest BCUT2D eigenvalue weighted by Crippen LogP contribution is -1.87. The maximum Gasteiger partial charge on any atom is 0.137 e. The van der Waals surface area contributed by atoms with E-state index in [2.05, 4.69) is 6.58 Å². The van der Waals surface area contributed by atoms with Gasteiger partial charge in [-0.15, -0.1) is 18.3 Å². The molecule has 2 aromatic carbocycles. The molecule has 2 heteroatoms. The fourth-order valence-electron chi connectivity index (χ4n) is 1.64. The van der Waals surface area contributed by atoms with E-state index in [0.29, 0.717) is 10.6 Å². The predicted molar refractivity (Wildman–Crippen MR) is 72.8 cm³/mol. The van der Waals surface area contributed by atoms with E-state index in [-0.39, 0.29) is 5.82 Å². The van der Waals surface area contributed by atoms with Gasteiger partial charge in [-0.05, 0) is 17.2 Å². The molecule has 0 heterocycles. The zero-order valence-electron chi connectivity index (χ0n) is 9.40. The molecule has 0 aromatic heterocycles. The van der Waals surface area contributed by atoms with Crippen molar-refractivity contribution in [1.82, 2.24) is 0 Å². The summed E-state index contributed by atoms with van der Waals surface area (Å²) in [5.41, 5.74) is 1.98. The van der Waals surface area contributed by atoms with Crippen LogP contribution < -0.4 is 0 Å². The maximum atomic E-state index is 13.8. The predicted octanol–water partition coefficient (Wildman–Crippen LogP) is 4.77. The Morgan fingerprint density at radius 1 is 1.06 bits per heavy atom. The van der Waals surface area contributed by atoms with Crippen molar-refractivity contribution in [3.8, 4) is 11.1 Å². The van der Waals surface area contributed by atoms with Gasteiger partial charge in [0.15, 0.2) is 0 Å². The maximum absolute atomic E-state index is 13.8. The van der Waals surface area contributed by atoms with Crippen molar-refractivity contribution in [2.45, 2.75) is 4.90 Å². The molecule has 0 spiro atoms. The fraction of sp³-hybridized carbons (Fsp3) is 0.0667. The van der Waals surface area contributed by atoms with Crippen molar-refractivity contribution in [3.05, 3.63) is 67.0 Å². The lowest BCUT2D eigenvalue weighted by molar-refractivity contribution is 0.603. The van der Waals surface area contributed by atoms with Gasteiger partial charge in [0.1, 0.15) is 5.82 Å². The lowest BCUT2D eigenvalue weighted by atomic mass is 10.1. The van der Waals surface area contributed by atoms with Crippen molar-refractivity contribution in [2.75, 3.05) is 5.75 Å². The molecule has 0 amide bonds. The highest BCUT2D eigenvalue weighted by Crippen LogP contribution is 2.33. The molecular formula is C15H13FS. The highest BCUT2D eigenvalue weighted by atomic mass is 32.2. The number of hydrogen-bond donors (Lipinski definition) is 0. The zero-order valence-corrected chi connectivity index (χ0v) is 10.2. The standard InChI is InChI=1S/C15H13FS/c1-2-11-17-15-13(9-6-10-14(15)16)12-7-4-3-5-8-12/h2-10H,1,11H2. The van der Waals surface area contributed by atoms with Crippen LogP contribution in [0.3, 0.4) is 0 Å². The topological polar surface area (TPSA) is 0 Å². The van der Waals surface area contributed by atoms with Gasteiger partial charge in [0.25, 0.3) is 0 Å². The van der Waals surface area contributed by atoms with E-state index in [4.69, 9.17) is 0 Å². The van der Waals surface area contributed by atoms with Crippen LogP contribution in [0.25, 0.3) is 11.1 Å². The molecule has 0 unspecified atom stereocenters. The van der Waals surface area contributed by atoms with Crippen LogP contribution >= 0.6 is 11.8 Å². The summed E-state index contributed by atoms with van der Waals surface area (Å²) < 4.78 is 13.8. The minimum absolute atomic E-state index is 0.168. The van der Waals surface area contributed by atoms with Gasteiger partial charge in [-0.3, -0.25) is 0 Å². The van der Waals surface area contributed by atoms with E-state index in [9.17, 15) is 4.39 Å². The number of hydrogen-bond acceptors (Lipinski definition) is 1. The molecule has 2 rings (SSSR count). The van der Waals surface area contributed by atoms with E-state index in [0.717, 1.165) is 11.1 Å². The van der Waals surface area contributed by atoms with Crippen molar-refractivity contribution in [1.29, 1.82) is 0 Å². The van der Waals surface area contributed by atoms with Crippen LogP contribution in [0.4, 0.5) is 4.39 Å². The Morgan fingerprint density at radius 2 is 1.82 bits per heavy atom. The summed E-state index contributed by atoms with van der Waals surface area (Å²) in [6, 6.07) is 15.1. The van der Waals surface area contributed by atoms with Crippen molar-refractivity contribution >= 4 is 11.8 Å². The van der Waals surface area contributed by atoms with Crippen molar-refractivity contribution < 1.29 is 4.39 Å². The Hall–Kier alpha value is -1.54. The van der Waals surface area contributed by atoms with Gasteiger partial charge in [0.2, 0.25) is 0 Å². The molecule has 0 saturated carbocycles. The van der Waals surface area contributed by atoms with Crippen molar-refractivity contribution in [2.24, 2.45) is 0 Å². The molecule has 86 valence electrons. The largest absolute Gasteiger partial charge is 0.206 e. The van der Waals surface area contributed by atoms with E-state index in [1.54, 1.807) is 12.1 Å². The van der Waals surface area contributed by atoms with Crippen LogP contribution in [0, 0.1) is 5.82 Å². The Labute approximate surface area is 105 Å². The first kappa shape index (κ1) is 11.9. The smallest absolute Gasteiger partial charge is 0.137 e. The molecule has 0 N–H and O–H groups in total. The van der Waals surface area contributed by atoms with Crippen LogP contribution in [-0.4, -0.2) is 5.75 Å². The average molecular weight is 244 g/mol. The number of benzene rings is 2. The normalized spacial score (nSPS) is 10.2. The molecule has 0 aliphatic rings. The van der Waals surface area contributed by atoms with E-state index < -0.39 is 0 Å². The summed E-state index contributed by atoms with van der Waals surface area (Å²) in [4.78, 5) is 0.693. The molecule has 0 fully saturated rings. The molecule has 0 saturated heterocycles. The second-order valence-electron chi connectivity index (χ2n) is 3.58. The molecule has 0 atom stereocenters. The SMILES string of the molecule is C=CCSc1c(F)cccc1-c1ccccc1. The number of rotatable bonds is 4. The van der Waals surface area contributed by atoms with Gasteiger partial charge >= 0.3 is 0 Å². The van der Waals surface area contributed by atoms with E-state index in [1.165, 1.54) is 17.8 Å². The summed E-state index contributed by atoms with van der Waals surface area (Å²) in [7, 11) is 0. The molecule has 0 radical (unpaired) electrons. The summed E-state index contributed by atoms with van der Waals surface area (Å²) in [6.45, 7) is 3.66. The summed E-state index contributed by atoms with van der Waals surface area (Å²) in [5, 5.41) is 0. The third-order valence-electron chi connectivity index (χ3n) is 2.40. The Kier molecular flexibility index (Phi) is 3.99. The minimum Gasteiger partial charge on any atom is -0.206 e. The third-order valence-corrected chi connectivity index (χ3v) is 3.50. The van der Waals surface area contributed by atoms with Crippen molar-refractivity contribution in [3.63, 3.8) is 0 Å². The molecule has 0 nitrogen and oxygen atoms in total. The quantitative estimate of drug-likeness (QED) is 0.551. The second-order valence-corrected chi connectivity index (χ2v) is 4.61. The third kappa shape index (κ3) is 2.77. The van der Waals surface area contributed by atoms with Crippen LogP contribution in [-0.2, 0) is 0 Å². The first-order valence-corrected chi connectivity index (χ1v) is 6.39. The Bertz CT molecular complexity index is 506. The monoisotopic (exact) mass is 244 g/mol. The first-order valence-electron chi connectivity index (χ1n) is 5.40. The molecule has 2 aromatic rings. The summed E-state index contributed by atoms with van der Waals surface area (Å²) in [6.07, 6.45) is 1.78. The highest BCUT2D eigenvalue weighted by Gasteiger charge is 2.09. The Morgan fingerprint density at radius 3 is 2.53 bits per heavy atom. The van der Waals surface area contributed by atoms with Gasteiger partial charge < -0.3 is 0 Å². The van der Waals surface area contributed by atoms with Crippen LogP contribution in [0.1, 0.15) is 0 Å².